The van der Waals surface area contributed by atoms with Crippen molar-refractivity contribution < 1.29 is 9.59 Å². The summed E-state index contributed by atoms with van der Waals surface area (Å²) in [5, 5.41) is 8.31. The van der Waals surface area contributed by atoms with Crippen molar-refractivity contribution in [2.45, 2.75) is 32.2 Å². The van der Waals surface area contributed by atoms with E-state index in [1.165, 1.54) is 0 Å². The molecule has 2 aromatic heterocycles. The number of anilines is 1. The summed E-state index contributed by atoms with van der Waals surface area (Å²) in [5.41, 5.74) is 9.12. The second kappa shape index (κ2) is 10.0. The average Bonchev–Trinajstić information content (AvgIpc) is 3.30. The van der Waals surface area contributed by atoms with Gasteiger partial charge in [0.1, 0.15) is 11.3 Å². The number of nitrogens with zero attached hydrogens (tertiary/aromatic N) is 7. The molecular weight excluding hydrogens is 444 g/mol. The van der Waals surface area contributed by atoms with Gasteiger partial charge in [-0.25, -0.2) is 9.67 Å². The Hall–Kier alpha value is -4.08. The van der Waals surface area contributed by atoms with Gasteiger partial charge in [-0.3, -0.25) is 14.6 Å². The standard InChI is InChI=1S/C25H28N8O2/c26-25(35)18-9-10-21-22(16-18)33(30-29-21)11-5-1-2-8-24(34)32-14-12-31(13-15-32)23-17-27-19-6-3-4-7-20(19)28-23/h3-4,6-7,9-10,16-17H,1-2,5,8,11-15H2,(H2,26,35). The summed E-state index contributed by atoms with van der Waals surface area (Å²) in [6, 6.07) is 13.0. The highest BCUT2D eigenvalue weighted by Crippen LogP contribution is 2.18. The number of aryl methyl sites for hydroxylation is 1. The second-order valence-corrected chi connectivity index (χ2v) is 8.78. The predicted molar refractivity (Wildman–Crippen MR) is 133 cm³/mol. The van der Waals surface area contributed by atoms with E-state index in [0.29, 0.717) is 31.6 Å². The van der Waals surface area contributed by atoms with Crippen LogP contribution in [0.15, 0.2) is 48.7 Å². The van der Waals surface area contributed by atoms with Gasteiger partial charge in [0.2, 0.25) is 11.8 Å². The minimum atomic E-state index is -0.468. The molecule has 0 aliphatic carbocycles. The van der Waals surface area contributed by atoms with Crippen molar-refractivity contribution >= 4 is 39.7 Å². The number of amides is 2. The Balaban J connectivity index is 1.06. The fourth-order valence-electron chi connectivity index (χ4n) is 4.44. The van der Waals surface area contributed by atoms with Crippen molar-refractivity contribution in [3.8, 4) is 0 Å². The summed E-state index contributed by atoms with van der Waals surface area (Å²) in [6.07, 6.45) is 4.97. The van der Waals surface area contributed by atoms with E-state index in [4.69, 9.17) is 10.7 Å². The lowest BCUT2D eigenvalue weighted by Crippen LogP contribution is -2.49. The van der Waals surface area contributed by atoms with Gasteiger partial charge < -0.3 is 15.5 Å². The number of hydrogen-bond donors (Lipinski definition) is 1. The highest BCUT2D eigenvalue weighted by Gasteiger charge is 2.22. The molecule has 2 aromatic carbocycles. The molecule has 0 unspecified atom stereocenters. The van der Waals surface area contributed by atoms with Crippen molar-refractivity contribution in [3.05, 3.63) is 54.2 Å². The normalized spacial score (nSPS) is 14.1. The molecule has 3 heterocycles. The Morgan fingerprint density at radius 2 is 1.71 bits per heavy atom. The summed E-state index contributed by atoms with van der Waals surface area (Å²) < 4.78 is 1.79. The van der Waals surface area contributed by atoms with Gasteiger partial charge in [0.25, 0.3) is 0 Å². The highest BCUT2D eigenvalue weighted by atomic mass is 16.2. The van der Waals surface area contributed by atoms with Crippen LogP contribution in [0.5, 0.6) is 0 Å². The molecule has 0 saturated carbocycles. The maximum absolute atomic E-state index is 12.7. The molecule has 0 bridgehead atoms. The van der Waals surface area contributed by atoms with Crippen molar-refractivity contribution in [3.63, 3.8) is 0 Å². The fraction of sp³-hybridized carbons (Fsp3) is 0.360. The first-order valence-corrected chi connectivity index (χ1v) is 12.0. The number of piperazine rings is 1. The Kier molecular flexibility index (Phi) is 6.51. The van der Waals surface area contributed by atoms with Gasteiger partial charge in [-0.1, -0.05) is 23.8 Å². The van der Waals surface area contributed by atoms with Crippen LogP contribution in [0.1, 0.15) is 36.0 Å². The van der Waals surface area contributed by atoms with Crippen LogP contribution in [0, 0.1) is 0 Å². The number of rotatable bonds is 8. The number of aromatic nitrogens is 5. The fourth-order valence-corrected chi connectivity index (χ4v) is 4.44. The van der Waals surface area contributed by atoms with Gasteiger partial charge in [-0.2, -0.15) is 0 Å². The van der Waals surface area contributed by atoms with Gasteiger partial charge >= 0.3 is 0 Å². The van der Waals surface area contributed by atoms with E-state index in [2.05, 4.69) is 20.2 Å². The van der Waals surface area contributed by atoms with Crippen LogP contribution in [0.25, 0.3) is 22.1 Å². The lowest BCUT2D eigenvalue weighted by atomic mass is 10.1. The van der Waals surface area contributed by atoms with Crippen molar-refractivity contribution in [2.24, 2.45) is 5.73 Å². The summed E-state index contributed by atoms with van der Waals surface area (Å²) in [7, 11) is 0. The zero-order chi connectivity index (χ0) is 24.2. The third-order valence-electron chi connectivity index (χ3n) is 6.45. The third-order valence-corrected chi connectivity index (χ3v) is 6.45. The van der Waals surface area contributed by atoms with E-state index < -0.39 is 5.91 Å². The topological polar surface area (TPSA) is 123 Å². The smallest absolute Gasteiger partial charge is 0.248 e. The van der Waals surface area contributed by atoms with Crippen molar-refractivity contribution in [2.75, 3.05) is 31.1 Å². The van der Waals surface area contributed by atoms with E-state index in [9.17, 15) is 9.59 Å². The Labute approximate surface area is 202 Å². The molecule has 2 amide bonds. The number of benzene rings is 2. The maximum Gasteiger partial charge on any atom is 0.248 e. The Bertz CT molecular complexity index is 1360. The average molecular weight is 473 g/mol. The molecule has 2 N–H and O–H groups in total. The first-order valence-electron chi connectivity index (χ1n) is 12.0. The van der Waals surface area contributed by atoms with E-state index in [1.807, 2.05) is 35.4 Å². The van der Waals surface area contributed by atoms with Gasteiger partial charge in [-0.05, 0) is 43.2 Å². The predicted octanol–water partition coefficient (Wildman–Crippen LogP) is 2.38. The summed E-state index contributed by atoms with van der Waals surface area (Å²) >= 11 is 0. The molecule has 180 valence electrons. The van der Waals surface area contributed by atoms with Gasteiger partial charge in [0, 0.05) is 44.7 Å². The Morgan fingerprint density at radius 3 is 2.51 bits per heavy atom. The lowest BCUT2D eigenvalue weighted by molar-refractivity contribution is -0.131. The molecule has 1 saturated heterocycles. The summed E-state index contributed by atoms with van der Waals surface area (Å²) in [6.45, 7) is 3.58. The molecule has 1 aliphatic rings. The monoisotopic (exact) mass is 472 g/mol. The first-order chi connectivity index (χ1) is 17.1. The van der Waals surface area contributed by atoms with Crippen molar-refractivity contribution in [1.82, 2.24) is 29.9 Å². The van der Waals surface area contributed by atoms with Crippen molar-refractivity contribution in [1.29, 1.82) is 0 Å². The van der Waals surface area contributed by atoms with Crippen LogP contribution in [0.4, 0.5) is 5.82 Å². The molecule has 0 atom stereocenters. The van der Waals surface area contributed by atoms with Crippen LogP contribution in [-0.4, -0.2) is 67.9 Å². The number of hydrogen-bond acceptors (Lipinski definition) is 7. The van der Waals surface area contributed by atoms with E-state index in [0.717, 1.165) is 60.2 Å². The minimum absolute atomic E-state index is 0.201. The molecule has 0 spiro atoms. The molecule has 0 radical (unpaired) electrons. The summed E-state index contributed by atoms with van der Waals surface area (Å²) in [5.74, 6) is 0.593. The number of carbonyl (C=O) groups is 2. The number of nitrogens with two attached hydrogens (primary N) is 1. The number of unbranched alkanes of at least 4 members (excludes halogenated alkanes) is 2. The molecular formula is C25H28N8O2. The van der Waals surface area contributed by atoms with Gasteiger partial charge in [0.15, 0.2) is 0 Å². The zero-order valence-corrected chi connectivity index (χ0v) is 19.5. The molecule has 4 aromatic rings. The number of fused-ring (bicyclic) bond motifs is 2. The Morgan fingerprint density at radius 1 is 0.914 bits per heavy atom. The number of primary amides is 1. The van der Waals surface area contributed by atoms with Crippen LogP contribution >= 0.6 is 0 Å². The van der Waals surface area contributed by atoms with Crippen LogP contribution in [-0.2, 0) is 11.3 Å². The maximum atomic E-state index is 12.7. The molecule has 10 nitrogen and oxygen atoms in total. The SMILES string of the molecule is NC(=O)c1ccc2nnn(CCCCCC(=O)N3CCN(c4cnc5ccccc5n4)CC3)c2c1. The zero-order valence-electron chi connectivity index (χ0n) is 19.5. The second-order valence-electron chi connectivity index (χ2n) is 8.78. The van der Waals surface area contributed by atoms with E-state index in [-0.39, 0.29) is 5.91 Å². The first kappa shape index (κ1) is 22.7. The largest absolute Gasteiger partial charge is 0.366 e. The van der Waals surface area contributed by atoms with E-state index in [1.54, 1.807) is 22.9 Å². The molecule has 35 heavy (non-hydrogen) atoms. The van der Waals surface area contributed by atoms with E-state index >= 15 is 0 Å². The van der Waals surface area contributed by atoms with Crippen LogP contribution in [0.2, 0.25) is 0 Å². The third kappa shape index (κ3) is 5.06. The van der Waals surface area contributed by atoms with Crippen LogP contribution in [0.3, 0.4) is 0 Å². The minimum Gasteiger partial charge on any atom is -0.366 e. The summed E-state index contributed by atoms with van der Waals surface area (Å²) in [4.78, 5) is 37.5. The van der Waals surface area contributed by atoms with Gasteiger partial charge in [0.05, 0.1) is 22.7 Å². The molecule has 1 aliphatic heterocycles. The molecule has 5 rings (SSSR count). The lowest BCUT2D eigenvalue weighted by Gasteiger charge is -2.35. The molecule has 1 fully saturated rings. The number of carbonyl (C=O) groups excluding carboxylic acids is 2. The highest BCUT2D eigenvalue weighted by molar-refractivity contribution is 5.96. The molecule has 10 heteroatoms. The number of para-hydroxylation sites is 2. The van der Waals surface area contributed by atoms with Crippen LogP contribution < -0.4 is 10.6 Å². The quantitative estimate of drug-likeness (QED) is 0.391. The van der Waals surface area contributed by atoms with Gasteiger partial charge in [-0.15, -0.1) is 5.10 Å².